The highest BCUT2D eigenvalue weighted by Gasteiger charge is 2.41. The average Bonchev–Trinajstić information content (AvgIpc) is 2.40. The first-order valence-electron chi connectivity index (χ1n) is 8.13. The number of likely N-dealkylation sites (N-methyl/N-ethyl adjacent to an activating group) is 1. The van der Waals surface area contributed by atoms with Gasteiger partial charge >= 0.3 is 0 Å². The molecule has 1 rings (SSSR count). The number of nitrogens with one attached hydrogen (secondary N) is 1. The average molecular weight is 271 g/mol. The Kier molecular flexibility index (Phi) is 7.96. The molecule has 0 aromatic heterocycles. The molecule has 1 heterocycles. The molecule has 2 atom stereocenters. The summed E-state index contributed by atoms with van der Waals surface area (Å²) in [4.78, 5) is 0. The van der Waals surface area contributed by atoms with Crippen molar-refractivity contribution in [3.8, 4) is 0 Å². The Bertz CT molecular complexity index is 221. The smallest absolute Gasteiger partial charge is 0.0878 e. The van der Waals surface area contributed by atoms with E-state index in [4.69, 9.17) is 9.47 Å². The molecule has 0 spiro atoms. The van der Waals surface area contributed by atoms with Gasteiger partial charge in [-0.15, -0.1) is 0 Å². The summed E-state index contributed by atoms with van der Waals surface area (Å²) in [6, 6.07) is 0.461. The fourth-order valence-corrected chi connectivity index (χ4v) is 3.34. The van der Waals surface area contributed by atoms with Crippen LogP contribution in [0, 0.1) is 5.92 Å². The molecule has 3 nitrogen and oxygen atoms in total. The largest absolute Gasteiger partial charge is 0.381 e. The molecule has 19 heavy (non-hydrogen) atoms. The molecule has 114 valence electrons. The van der Waals surface area contributed by atoms with Gasteiger partial charge in [-0.1, -0.05) is 33.6 Å². The summed E-state index contributed by atoms with van der Waals surface area (Å²) in [6.45, 7) is 12.4. The van der Waals surface area contributed by atoms with Gasteiger partial charge in [-0.25, -0.2) is 0 Å². The van der Waals surface area contributed by atoms with Crippen molar-refractivity contribution in [2.45, 2.75) is 71.4 Å². The van der Waals surface area contributed by atoms with Gasteiger partial charge in [0.05, 0.1) is 5.60 Å². The van der Waals surface area contributed by atoms with Crippen LogP contribution in [0.4, 0.5) is 0 Å². The Labute approximate surface area is 119 Å². The first-order valence-corrected chi connectivity index (χ1v) is 8.13. The highest BCUT2D eigenvalue weighted by molar-refractivity contribution is 4.95. The van der Waals surface area contributed by atoms with Crippen molar-refractivity contribution in [2.75, 3.05) is 26.4 Å². The van der Waals surface area contributed by atoms with Gasteiger partial charge in [0, 0.05) is 38.7 Å². The molecule has 3 heteroatoms. The molecule has 1 saturated heterocycles. The van der Waals surface area contributed by atoms with E-state index in [1.807, 2.05) is 0 Å². The van der Waals surface area contributed by atoms with Crippen LogP contribution < -0.4 is 5.32 Å². The molecule has 0 amide bonds. The second kappa shape index (κ2) is 8.93. The third-order valence-corrected chi connectivity index (χ3v) is 4.28. The van der Waals surface area contributed by atoms with E-state index in [1.54, 1.807) is 0 Å². The van der Waals surface area contributed by atoms with E-state index in [9.17, 15) is 0 Å². The Morgan fingerprint density at radius 2 is 1.89 bits per heavy atom. The van der Waals surface area contributed by atoms with Crippen LogP contribution in [0.2, 0.25) is 0 Å². The highest BCUT2D eigenvalue weighted by atomic mass is 16.5. The van der Waals surface area contributed by atoms with Crippen LogP contribution in [0.25, 0.3) is 0 Å². The van der Waals surface area contributed by atoms with Crippen molar-refractivity contribution in [1.29, 1.82) is 0 Å². The number of rotatable bonds is 9. The molecule has 0 radical (unpaired) electrons. The van der Waals surface area contributed by atoms with E-state index in [0.717, 1.165) is 45.1 Å². The van der Waals surface area contributed by atoms with Crippen LogP contribution >= 0.6 is 0 Å². The van der Waals surface area contributed by atoms with Crippen LogP contribution in [-0.2, 0) is 9.47 Å². The van der Waals surface area contributed by atoms with Crippen molar-refractivity contribution >= 4 is 0 Å². The van der Waals surface area contributed by atoms with Gasteiger partial charge in [0.15, 0.2) is 0 Å². The fraction of sp³-hybridized carbons (Fsp3) is 1.00. The minimum Gasteiger partial charge on any atom is -0.381 e. The van der Waals surface area contributed by atoms with E-state index in [1.165, 1.54) is 19.3 Å². The van der Waals surface area contributed by atoms with Crippen LogP contribution in [-0.4, -0.2) is 38.0 Å². The van der Waals surface area contributed by atoms with Crippen LogP contribution in [0.1, 0.15) is 59.8 Å². The summed E-state index contributed by atoms with van der Waals surface area (Å²) in [5.41, 5.74) is -0.00892. The zero-order valence-electron chi connectivity index (χ0n) is 13.3. The van der Waals surface area contributed by atoms with Crippen LogP contribution in [0.5, 0.6) is 0 Å². The number of ether oxygens (including phenoxy) is 2. The van der Waals surface area contributed by atoms with Gasteiger partial charge in [0.1, 0.15) is 0 Å². The van der Waals surface area contributed by atoms with Crippen molar-refractivity contribution in [3.63, 3.8) is 0 Å². The maximum Gasteiger partial charge on any atom is 0.0878 e. The summed E-state index contributed by atoms with van der Waals surface area (Å²) < 4.78 is 11.8. The summed E-state index contributed by atoms with van der Waals surface area (Å²) in [5.74, 6) is 0.759. The molecule has 1 fully saturated rings. The second-order valence-corrected chi connectivity index (χ2v) is 5.85. The topological polar surface area (TPSA) is 30.5 Å². The van der Waals surface area contributed by atoms with E-state index in [-0.39, 0.29) is 5.60 Å². The molecule has 0 aromatic carbocycles. The van der Waals surface area contributed by atoms with E-state index >= 15 is 0 Å². The summed E-state index contributed by atoms with van der Waals surface area (Å²) in [5, 5.41) is 3.69. The molecule has 0 bridgehead atoms. The maximum atomic E-state index is 6.22. The molecule has 0 aliphatic carbocycles. The summed E-state index contributed by atoms with van der Waals surface area (Å²) in [6.07, 6.45) is 5.84. The fourth-order valence-electron chi connectivity index (χ4n) is 3.34. The second-order valence-electron chi connectivity index (χ2n) is 5.85. The van der Waals surface area contributed by atoms with Crippen LogP contribution in [0.3, 0.4) is 0 Å². The van der Waals surface area contributed by atoms with E-state index in [0.29, 0.717) is 6.04 Å². The maximum absolute atomic E-state index is 6.22. The Morgan fingerprint density at radius 3 is 2.42 bits per heavy atom. The van der Waals surface area contributed by atoms with Gasteiger partial charge in [-0.3, -0.25) is 0 Å². The van der Waals surface area contributed by atoms with Gasteiger partial charge in [-0.2, -0.15) is 0 Å². The lowest BCUT2D eigenvalue weighted by molar-refractivity contribution is -0.129. The molecular formula is C16H33NO2. The van der Waals surface area contributed by atoms with Gasteiger partial charge in [0.25, 0.3) is 0 Å². The molecular weight excluding hydrogens is 238 g/mol. The predicted molar refractivity (Wildman–Crippen MR) is 80.6 cm³/mol. The summed E-state index contributed by atoms with van der Waals surface area (Å²) >= 11 is 0. The van der Waals surface area contributed by atoms with Crippen molar-refractivity contribution in [1.82, 2.24) is 5.32 Å². The summed E-state index contributed by atoms with van der Waals surface area (Å²) in [7, 11) is 0. The normalized spacial score (nSPS) is 22.1. The lowest BCUT2D eigenvalue weighted by atomic mass is 9.80. The van der Waals surface area contributed by atoms with Gasteiger partial charge in [0.2, 0.25) is 0 Å². The highest BCUT2D eigenvalue weighted by Crippen LogP contribution is 2.32. The van der Waals surface area contributed by atoms with Crippen molar-refractivity contribution in [3.05, 3.63) is 0 Å². The standard InChI is InChI=1S/C16H33NO2/c1-5-8-14(4)13-15(17-6-2)16(19-7-3)9-11-18-12-10-16/h14-15,17H,5-13H2,1-4H3. The van der Waals surface area contributed by atoms with Crippen molar-refractivity contribution in [2.24, 2.45) is 5.92 Å². The lowest BCUT2D eigenvalue weighted by Gasteiger charge is -2.44. The lowest BCUT2D eigenvalue weighted by Crippen LogP contribution is -2.56. The molecule has 0 aromatic rings. The first-order chi connectivity index (χ1) is 9.18. The first kappa shape index (κ1) is 16.9. The third-order valence-electron chi connectivity index (χ3n) is 4.28. The Morgan fingerprint density at radius 1 is 1.21 bits per heavy atom. The molecule has 2 unspecified atom stereocenters. The van der Waals surface area contributed by atoms with Gasteiger partial charge < -0.3 is 14.8 Å². The zero-order chi connectivity index (χ0) is 14.1. The van der Waals surface area contributed by atoms with E-state index < -0.39 is 0 Å². The number of hydrogen-bond acceptors (Lipinski definition) is 3. The van der Waals surface area contributed by atoms with E-state index in [2.05, 4.69) is 33.0 Å². The number of hydrogen-bond donors (Lipinski definition) is 1. The predicted octanol–water partition coefficient (Wildman–Crippen LogP) is 3.38. The Hall–Kier alpha value is -0.120. The van der Waals surface area contributed by atoms with Crippen molar-refractivity contribution < 1.29 is 9.47 Å². The molecule has 1 aliphatic heterocycles. The SMILES string of the molecule is CCCC(C)CC(NCC)C1(OCC)CCOCC1. The quantitative estimate of drug-likeness (QED) is 0.697. The zero-order valence-corrected chi connectivity index (χ0v) is 13.3. The Balaban J connectivity index is 2.72. The molecule has 1 N–H and O–H groups in total. The monoisotopic (exact) mass is 271 g/mol. The minimum atomic E-state index is -0.00892. The van der Waals surface area contributed by atoms with Crippen LogP contribution in [0.15, 0.2) is 0 Å². The third kappa shape index (κ3) is 5.05. The minimum absolute atomic E-state index is 0.00892. The van der Waals surface area contributed by atoms with Gasteiger partial charge in [-0.05, 0) is 25.8 Å². The molecule has 0 saturated carbocycles. The molecule has 1 aliphatic rings.